The Morgan fingerprint density at radius 2 is 1.86 bits per heavy atom. The number of aliphatic hydroxyl groups is 2. The van der Waals surface area contributed by atoms with Crippen LogP contribution in [0.4, 0.5) is 0 Å². The summed E-state index contributed by atoms with van der Waals surface area (Å²) in [6.07, 6.45) is 2.66. The van der Waals surface area contributed by atoms with Crippen molar-refractivity contribution in [1.29, 1.82) is 0 Å². The molecule has 10 heteroatoms. The molecule has 2 heterocycles. The number of ether oxygens (including phenoxy) is 4. The minimum absolute atomic E-state index is 0.00243. The van der Waals surface area contributed by atoms with E-state index < -0.39 is 32.3 Å². The smallest absolute Gasteiger partial charge is 0.344 e. The van der Waals surface area contributed by atoms with Gasteiger partial charge in [-0.2, -0.15) is 0 Å². The van der Waals surface area contributed by atoms with Gasteiger partial charge in [0.25, 0.3) is 0 Å². The summed E-state index contributed by atoms with van der Waals surface area (Å²) in [5, 5.41) is 31.7. The van der Waals surface area contributed by atoms with Crippen LogP contribution in [0.2, 0.25) is 18.1 Å². The van der Waals surface area contributed by atoms with Crippen molar-refractivity contribution in [1.82, 2.24) is 0 Å². The normalized spacial score (nSPS) is 23.7. The summed E-state index contributed by atoms with van der Waals surface area (Å²) >= 11 is 0. The third kappa shape index (κ3) is 7.73. The fourth-order valence-electron chi connectivity index (χ4n) is 4.74. The number of carbonyl (C=O) groups excluding carboxylic acids is 1. The second-order valence-corrected chi connectivity index (χ2v) is 17.6. The zero-order chi connectivity index (χ0) is 30.9. The molecule has 2 aromatic carbocycles. The molecule has 2 aliphatic rings. The summed E-state index contributed by atoms with van der Waals surface area (Å²) in [4.78, 5) is 12.9. The predicted molar refractivity (Wildman–Crippen MR) is 160 cm³/mol. The lowest BCUT2D eigenvalue weighted by Crippen LogP contribution is -2.44. The Kier molecular flexibility index (Phi) is 9.44. The Morgan fingerprint density at radius 1 is 1.17 bits per heavy atom. The van der Waals surface area contributed by atoms with Crippen LogP contribution in [0, 0.1) is 0 Å². The van der Waals surface area contributed by atoms with E-state index in [1.165, 1.54) is 6.07 Å². The molecule has 42 heavy (non-hydrogen) atoms. The highest BCUT2D eigenvalue weighted by atomic mass is 28.4. The highest BCUT2D eigenvalue weighted by Gasteiger charge is 2.46. The van der Waals surface area contributed by atoms with Gasteiger partial charge in [0.2, 0.25) is 14.1 Å². The molecule has 3 N–H and O–H groups in total. The van der Waals surface area contributed by atoms with E-state index in [9.17, 15) is 20.1 Å². The fourth-order valence-corrected chi connectivity index (χ4v) is 5.75. The molecular formula is C32H44O9Si. The second-order valence-electron chi connectivity index (χ2n) is 12.8. The quantitative estimate of drug-likeness (QED) is 0.129. The van der Waals surface area contributed by atoms with E-state index in [1.807, 2.05) is 24.3 Å². The number of methoxy groups -OCH3 is 1. The van der Waals surface area contributed by atoms with Gasteiger partial charge in [0.15, 0.2) is 0 Å². The number of rotatable bonds is 12. The number of esters is 1. The van der Waals surface area contributed by atoms with Gasteiger partial charge in [-0.25, -0.2) is 4.79 Å². The molecule has 230 valence electrons. The minimum atomic E-state index is -2.21. The summed E-state index contributed by atoms with van der Waals surface area (Å²) in [6.45, 7) is 12.6. The van der Waals surface area contributed by atoms with E-state index >= 15 is 0 Å². The number of hydrogen-bond acceptors (Lipinski definition) is 9. The van der Waals surface area contributed by atoms with Crippen LogP contribution in [-0.4, -0.2) is 66.9 Å². The lowest BCUT2D eigenvalue weighted by molar-refractivity contribution is -0.166. The molecule has 1 fully saturated rings. The lowest BCUT2D eigenvalue weighted by Gasteiger charge is -2.37. The first-order chi connectivity index (χ1) is 19.6. The Morgan fingerprint density at radius 3 is 2.48 bits per heavy atom. The van der Waals surface area contributed by atoms with Crippen molar-refractivity contribution in [2.75, 3.05) is 7.11 Å². The minimum Gasteiger partial charge on any atom is -0.543 e. The number of fused-ring (bicyclic) bond motifs is 1. The molecule has 2 aromatic rings. The molecule has 0 spiro atoms. The van der Waals surface area contributed by atoms with Gasteiger partial charge in [-0.1, -0.05) is 45.1 Å². The van der Waals surface area contributed by atoms with Gasteiger partial charge in [0, 0.05) is 25.3 Å². The Labute approximate surface area is 249 Å². The number of epoxide rings is 1. The number of phenolic OH excluding ortho intramolecular Hbond substituents is 1. The molecule has 1 saturated heterocycles. The molecule has 0 saturated carbocycles. The number of aromatic hydroxyl groups is 1. The molecule has 0 radical (unpaired) electrons. The maximum atomic E-state index is 12.9. The molecular weight excluding hydrogens is 556 g/mol. The van der Waals surface area contributed by atoms with Crippen molar-refractivity contribution < 1.29 is 43.5 Å². The average molecular weight is 601 g/mol. The monoisotopic (exact) mass is 600 g/mol. The van der Waals surface area contributed by atoms with Crippen molar-refractivity contribution >= 4 is 14.3 Å². The first-order valence-electron chi connectivity index (χ1n) is 14.4. The third-order valence-corrected chi connectivity index (χ3v) is 12.5. The van der Waals surface area contributed by atoms with Crippen LogP contribution in [0.1, 0.15) is 62.0 Å². The molecule has 1 unspecified atom stereocenters. The van der Waals surface area contributed by atoms with Crippen molar-refractivity contribution in [2.24, 2.45) is 0 Å². The zero-order valence-corrected chi connectivity index (χ0v) is 26.5. The second kappa shape index (κ2) is 12.4. The third-order valence-electron chi connectivity index (χ3n) is 8.19. The van der Waals surface area contributed by atoms with Crippen LogP contribution in [0.3, 0.4) is 0 Å². The number of aliphatic hydroxyl groups excluding tert-OH is 1. The predicted octanol–water partition coefficient (Wildman–Crippen LogP) is 5.26. The average Bonchev–Trinajstić information content (AvgIpc) is 3.62. The summed E-state index contributed by atoms with van der Waals surface area (Å²) in [5.41, 5.74) is 1.46. The van der Waals surface area contributed by atoms with Gasteiger partial charge in [-0.3, -0.25) is 0 Å². The molecule has 0 bridgehead atoms. The molecule has 0 aromatic heterocycles. The number of benzene rings is 2. The van der Waals surface area contributed by atoms with E-state index in [-0.39, 0.29) is 41.4 Å². The maximum Gasteiger partial charge on any atom is 0.344 e. The molecule has 2 aliphatic heterocycles. The number of hydrogen-bond donors (Lipinski definition) is 3. The van der Waals surface area contributed by atoms with Crippen molar-refractivity contribution in [3.8, 4) is 17.2 Å². The van der Waals surface area contributed by atoms with Crippen molar-refractivity contribution in [3.05, 3.63) is 65.2 Å². The van der Waals surface area contributed by atoms with Crippen LogP contribution in [0.15, 0.2) is 48.6 Å². The topological polar surface area (TPSA) is 127 Å². The van der Waals surface area contributed by atoms with Gasteiger partial charge < -0.3 is 38.7 Å². The van der Waals surface area contributed by atoms with Crippen LogP contribution >= 0.6 is 0 Å². The highest BCUT2D eigenvalue weighted by molar-refractivity contribution is 6.74. The van der Waals surface area contributed by atoms with Gasteiger partial charge in [0.1, 0.15) is 35.0 Å². The number of phenols is 1. The van der Waals surface area contributed by atoms with E-state index in [0.29, 0.717) is 24.3 Å². The van der Waals surface area contributed by atoms with Crippen molar-refractivity contribution in [3.63, 3.8) is 0 Å². The standard InChI is InChI=1S/C32H44O9Si/c1-20(33)15-27-29(39-27)26(38-19-21-10-12-23(37-5)13-11-21)9-8-14-32(36)18-22-16-24(41-42(6,7)31(2,3)4)17-25(34)28(22)30(35)40-32/h8-13,16-17,20,26-27,29,33-34,36H,14-15,18-19H2,1-7H3/b9-8+/t20-,26-,27+,29+,32?/m0/s1. The fraction of sp³-hybridized carbons (Fsp3) is 0.531. The van der Waals surface area contributed by atoms with Gasteiger partial charge in [0.05, 0.1) is 25.9 Å². The SMILES string of the molecule is COc1ccc(CO[C@@H](/C=C/CC2(O)Cc3cc(O[Si](C)(C)C(C)(C)C)cc(O)c3C(=O)O2)[C@H]2O[C@@H]2C[C@H](C)O)cc1. The van der Waals surface area contributed by atoms with Crippen LogP contribution in [-0.2, 0) is 27.2 Å². The summed E-state index contributed by atoms with van der Waals surface area (Å²) in [5.74, 6) is -1.62. The summed E-state index contributed by atoms with van der Waals surface area (Å²) in [6, 6.07) is 10.7. The highest BCUT2D eigenvalue weighted by Crippen LogP contribution is 2.41. The molecule has 0 amide bonds. The lowest BCUT2D eigenvalue weighted by atomic mass is 9.93. The zero-order valence-electron chi connectivity index (χ0n) is 25.5. The number of cyclic esters (lactones) is 1. The molecule has 0 aliphatic carbocycles. The first-order valence-corrected chi connectivity index (χ1v) is 17.3. The van der Waals surface area contributed by atoms with E-state index in [1.54, 1.807) is 32.3 Å². The number of carbonyl (C=O) groups is 1. The summed E-state index contributed by atoms with van der Waals surface area (Å²) in [7, 11) is -0.596. The molecule has 5 atom stereocenters. The first kappa shape index (κ1) is 32.0. The summed E-state index contributed by atoms with van der Waals surface area (Å²) < 4.78 is 29.0. The van der Waals surface area contributed by atoms with Crippen LogP contribution in [0.5, 0.6) is 17.2 Å². The van der Waals surface area contributed by atoms with Crippen LogP contribution in [0.25, 0.3) is 0 Å². The maximum absolute atomic E-state index is 12.9. The van der Waals surface area contributed by atoms with Crippen LogP contribution < -0.4 is 9.16 Å². The van der Waals surface area contributed by atoms with Gasteiger partial charge in [-0.15, -0.1) is 0 Å². The largest absolute Gasteiger partial charge is 0.543 e. The van der Waals surface area contributed by atoms with Crippen molar-refractivity contribution in [2.45, 2.75) is 102 Å². The van der Waals surface area contributed by atoms with E-state index in [0.717, 1.165) is 11.3 Å². The Hall–Kier alpha value is -2.89. The Balaban J connectivity index is 1.47. The van der Waals surface area contributed by atoms with Gasteiger partial charge in [-0.05, 0) is 54.4 Å². The van der Waals surface area contributed by atoms with E-state index in [4.69, 9.17) is 23.4 Å². The van der Waals surface area contributed by atoms with E-state index in [2.05, 4.69) is 33.9 Å². The van der Waals surface area contributed by atoms with Gasteiger partial charge >= 0.3 is 5.97 Å². The Bertz CT molecular complexity index is 1280. The molecule has 4 rings (SSSR count). The molecule has 9 nitrogen and oxygen atoms in total.